The molecule has 0 aliphatic rings. The average molecular weight is 320 g/mol. The minimum absolute atomic E-state index is 0.197. The van der Waals surface area contributed by atoms with Crippen molar-refractivity contribution < 1.29 is 9.32 Å². The quantitative estimate of drug-likeness (QED) is 0.849. The number of anilines is 1. The molecular weight excluding hydrogens is 296 g/mol. The van der Waals surface area contributed by atoms with Crippen LogP contribution < -0.4 is 10.6 Å². The zero-order valence-electron chi connectivity index (χ0n) is 14.3. The lowest BCUT2D eigenvalue weighted by Crippen LogP contribution is -2.31. The molecule has 0 aliphatic heterocycles. The van der Waals surface area contributed by atoms with E-state index in [1.807, 2.05) is 41.1 Å². The normalized spacial score (nSPS) is 12.4. The Labute approximate surface area is 135 Å². The van der Waals surface area contributed by atoms with Gasteiger partial charge in [-0.25, -0.2) is 4.79 Å². The lowest BCUT2D eigenvalue weighted by Gasteiger charge is -2.13. The van der Waals surface area contributed by atoms with Crippen LogP contribution in [0.5, 0.6) is 0 Å². The number of nitrogens with zero attached hydrogens (tertiary/aromatic N) is 4. The number of hydrogen-bond acceptors (Lipinski definition) is 5. The summed E-state index contributed by atoms with van der Waals surface area (Å²) in [5.74, 6) is 1.23. The second-order valence-corrected chi connectivity index (χ2v) is 5.83. The molecule has 126 valence electrons. The molecule has 2 amide bonds. The molecule has 0 bridgehead atoms. The molecule has 23 heavy (non-hydrogen) atoms. The van der Waals surface area contributed by atoms with Gasteiger partial charge in [-0.15, -0.1) is 0 Å². The summed E-state index contributed by atoms with van der Waals surface area (Å²) in [5, 5.41) is 13.8. The highest BCUT2D eigenvalue weighted by Crippen LogP contribution is 2.20. The fourth-order valence-electron chi connectivity index (χ4n) is 2.38. The standard InChI is InChI=1S/C15H24N6O2/c1-10(14-11(2)19-23-12(14)3)16-15(22)17-13-6-7-21(18-13)9-8-20(4)5/h6-7,10H,8-9H2,1-5H3,(H2,16,17,18,22). The zero-order chi connectivity index (χ0) is 17.0. The van der Waals surface area contributed by atoms with Crippen molar-refractivity contribution in [2.45, 2.75) is 33.4 Å². The highest BCUT2D eigenvalue weighted by molar-refractivity contribution is 5.88. The number of rotatable bonds is 6. The predicted molar refractivity (Wildman–Crippen MR) is 87.3 cm³/mol. The topological polar surface area (TPSA) is 88.2 Å². The van der Waals surface area contributed by atoms with E-state index in [9.17, 15) is 4.79 Å². The SMILES string of the molecule is Cc1noc(C)c1C(C)NC(=O)Nc1ccn(CCN(C)C)n1. The third-order valence-electron chi connectivity index (χ3n) is 3.53. The molecule has 0 fully saturated rings. The van der Waals surface area contributed by atoms with Gasteiger partial charge in [0.25, 0.3) is 0 Å². The molecule has 0 saturated carbocycles. The maximum atomic E-state index is 12.1. The minimum atomic E-state index is -0.310. The molecule has 0 spiro atoms. The van der Waals surface area contributed by atoms with Gasteiger partial charge < -0.3 is 14.7 Å². The number of urea groups is 1. The Bertz CT molecular complexity index is 641. The van der Waals surface area contributed by atoms with Crippen LogP contribution in [0.25, 0.3) is 0 Å². The van der Waals surface area contributed by atoms with Crippen LogP contribution in [-0.2, 0) is 6.54 Å². The summed E-state index contributed by atoms with van der Waals surface area (Å²) >= 11 is 0. The number of likely N-dealkylation sites (N-methyl/N-ethyl adjacent to an activating group) is 1. The van der Waals surface area contributed by atoms with Crippen molar-refractivity contribution in [2.75, 3.05) is 26.0 Å². The van der Waals surface area contributed by atoms with Gasteiger partial charge in [-0.1, -0.05) is 5.16 Å². The maximum Gasteiger partial charge on any atom is 0.320 e. The molecule has 2 aromatic rings. The molecule has 1 atom stereocenters. The highest BCUT2D eigenvalue weighted by atomic mass is 16.5. The van der Waals surface area contributed by atoms with Gasteiger partial charge in [0, 0.05) is 24.4 Å². The van der Waals surface area contributed by atoms with Gasteiger partial charge in [-0.3, -0.25) is 10.00 Å². The fourth-order valence-corrected chi connectivity index (χ4v) is 2.38. The number of aryl methyl sites for hydroxylation is 2. The van der Waals surface area contributed by atoms with E-state index in [-0.39, 0.29) is 12.1 Å². The summed E-state index contributed by atoms with van der Waals surface area (Å²) in [7, 11) is 4.01. The summed E-state index contributed by atoms with van der Waals surface area (Å²) in [4.78, 5) is 14.2. The minimum Gasteiger partial charge on any atom is -0.361 e. The summed E-state index contributed by atoms with van der Waals surface area (Å²) < 4.78 is 6.92. The van der Waals surface area contributed by atoms with E-state index in [1.54, 1.807) is 10.7 Å². The van der Waals surface area contributed by atoms with Crippen LogP contribution in [0.1, 0.15) is 30.0 Å². The largest absolute Gasteiger partial charge is 0.361 e. The summed E-state index contributed by atoms with van der Waals surface area (Å²) in [5.41, 5.74) is 1.68. The van der Waals surface area contributed by atoms with Gasteiger partial charge in [-0.2, -0.15) is 5.10 Å². The van der Waals surface area contributed by atoms with Crippen molar-refractivity contribution in [1.29, 1.82) is 0 Å². The summed E-state index contributed by atoms with van der Waals surface area (Å²) in [6.45, 7) is 7.23. The second-order valence-electron chi connectivity index (χ2n) is 5.83. The first-order valence-electron chi connectivity index (χ1n) is 7.55. The van der Waals surface area contributed by atoms with E-state index in [1.165, 1.54) is 0 Å². The lowest BCUT2D eigenvalue weighted by molar-refractivity contribution is 0.249. The molecule has 0 radical (unpaired) electrons. The number of amides is 2. The lowest BCUT2D eigenvalue weighted by atomic mass is 10.1. The Morgan fingerprint density at radius 3 is 2.78 bits per heavy atom. The van der Waals surface area contributed by atoms with E-state index in [0.717, 1.165) is 24.3 Å². The Hall–Kier alpha value is -2.35. The molecule has 8 heteroatoms. The Kier molecular flexibility index (Phi) is 5.38. The molecule has 0 aromatic carbocycles. The first kappa shape index (κ1) is 17.0. The molecule has 1 unspecified atom stereocenters. The number of hydrogen-bond donors (Lipinski definition) is 2. The molecule has 2 heterocycles. The molecule has 2 rings (SSSR count). The van der Waals surface area contributed by atoms with Crippen LogP contribution in [0.3, 0.4) is 0 Å². The van der Waals surface area contributed by atoms with E-state index >= 15 is 0 Å². The molecule has 8 nitrogen and oxygen atoms in total. The Morgan fingerprint density at radius 1 is 1.43 bits per heavy atom. The summed E-state index contributed by atoms with van der Waals surface area (Å²) in [6, 6.07) is 1.27. The first-order chi connectivity index (χ1) is 10.9. The number of aromatic nitrogens is 3. The van der Waals surface area contributed by atoms with E-state index in [0.29, 0.717) is 11.6 Å². The fraction of sp³-hybridized carbons (Fsp3) is 0.533. The van der Waals surface area contributed by atoms with Crippen LogP contribution in [0.15, 0.2) is 16.8 Å². The van der Waals surface area contributed by atoms with Gasteiger partial charge in [0.1, 0.15) is 5.76 Å². The maximum absolute atomic E-state index is 12.1. The van der Waals surface area contributed by atoms with Crippen molar-refractivity contribution in [2.24, 2.45) is 0 Å². The number of carbonyl (C=O) groups is 1. The van der Waals surface area contributed by atoms with E-state index < -0.39 is 0 Å². The Morgan fingerprint density at radius 2 is 2.17 bits per heavy atom. The van der Waals surface area contributed by atoms with Crippen molar-refractivity contribution in [1.82, 2.24) is 25.2 Å². The van der Waals surface area contributed by atoms with Gasteiger partial charge in [-0.05, 0) is 34.9 Å². The molecule has 2 N–H and O–H groups in total. The van der Waals surface area contributed by atoms with Crippen LogP contribution in [0, 0.1) is 13.8 Å². The predicted octanol–water partition coefficient (Wildman–Crippen LogP) is 1.93. The highest BCUT2D eigenvalue weighted by Gasteiger charge is 2.18. The van der Waals surface area contributed by atoms with Crippen LogP contribution in [0.4, 0.5) is 10.6 Å². The van der Waals surface area contributed by atoms with E-state index in [4.69, 9.17) is 4.52 Å². The van der Waals surface area contributed by atoms with Crippen molar-refractivity contribution >= 4 is 11.8 Å². The summed E-state index contributed by atoms with van der Waals surface area (Å²) in [6.07, 6.45) is 1.84. The van der Waals surface area contributed by atoms with Gasteiger partial charge in [0.2, 0.25) is 0 Å². The monoisotopic (exact) mass is 320 g/mol. The number of nitrogens with one attached hydrogen (secondary N) is 2. The second kappa shape index (κ2) is 7.28. The number of carbonyl (C=O) groups excluding carboxylic acids is 1. The molecule has 0 saturated heterocycles. The van der Waals surface area contributed by atoms with Gasteiger partial charge >= 0.3 is 6.03 Å². The van der Waals surface area contributed by atoms with Crippen molar-refractivity contribution in [3.8, 4) is 0 Å². The van der Waals surface area contributed by atoms with E-state index in [2.05, 4.69) is 25.8 Å². The average Bonchev–Trinajstić information content (AvgIpc) is 3.03. The van der Waals surface area contributed by atoms with Gasteiger partial charge in [0.05, 0.1) is 18.3 Å². The Balaban J connectivity index is 1.90. The van der Waals surface area contributed by atoms with Crippen LogP contribution in [0.2, 0.25) is 0 Å². The van der Waals surface area contributed by atoms with Crippen molar-refractivity contribution in [3.63, 3.8) is 0 Å². The third-order valence-corrected chi connectivity index (χ3v) is 3.53. The smallest absolute Gasteiger partial charge is 0.320 e. The van der Waals surface area contributed by atoms with Gasteiger partial charge in [0.15, 0.2) is 5.82 Å². The molecule has 0 aliphatic carbocycles. The van der Waals surface area contributed by atoms with Crippen molar-refractivity contribution in [3.05, 3.63) is 29.3 Å². The zero-order valence-corrected chi connectivity index (χ0v) is 14.3. The third kappa shape index (κ3) is 4.56. The van der Waals surface area contributed by atoms with Crippen LogP contribution >= 0.6 is 0 Å². The molecular formula is C15H24N6O2. The first-order valence-corrected chi connectivity index (χ1v) is 7.55. The molecule has 2 aromatic heterocycles. The van der Waals surface area contributed by atoms with Crippen LogP contribution in [-0.4, -0.2) is 46.5 Å².